The Kier molecular flexibility index (Phi) is 8.38. The maximum atomic E-state index is 13.2. The number of hydrogen-bond acceptors (Lipinski definition) is 6. The number of imidazole rings is 1. The Morgan fingerprint density at radius 3 is 2.44 bits per heavy atom. The molecule has 43 heavy (non-hydrogen) atoms. The van der Waals surface area contributed by atoms with Crippen molar-refractivity contribution in [2.24, 2.45) is 7.05 Å². The van der Waals surface area contributed by atoms with Crippen LogP contribution in [0.4, 0.5) is 4.79 Å². The quantitative estimate of drug-likeness (QED) is 0.191. The molecule has 0 spiro atoms. The van der Waals surface area contributed by atoms with Crippen LogP contribution in [-0.4, -0.2) is 73.2 Å². The molecule has 11 nitrogen and oxygen atoms in total. The van der Waals surface area contributed by atoms with Gasteiger partial charge in [0.1, 0.15) is 18.0 Å². The minimum atomic E-state index is -1.28. The van der Waals surface area contributed by atoms with E-state index in [-0.39, 0.29) is 23.7 Å². The topological polar surface area (TPSA) is 112 Å². The Bertz CT molecular complexity index is 1670. The number of aromatic nitrogens is 6. The number of aryl methyl sites for hydroxylation is 1. The molecule has 5 heterocycles. The van der Waals surface area contributed by atoms with Gasteiger partial charge in [0.25, 0.3) is 0 Å². The molecular formula is C31H47N7O4Si. The minimum Gasteiger partial charge on any atom is -0.444 e. The summed E-state index contributed by atoms with van der Waals surface area (Å²) >= 11 is 0. The third-order valence-corrected chi connectivity index (χ3v) is 9.75. The summed E-state index contributed by atoms with van der Waals surface area (Å²) in [5, 5.41) is 5.48. The highest BCUT2D eigenvalue weighted by Gasteiger charge is 2.34. The van der Waals surface area contributed by atoms with Gasteiger partial charge in [0.05, 0.1) is 29.1 Å². The van der Waals surface area contributed by atoms with Gasteiger partial charge in [0, 0.05) is 58.0 Å². The van der Waals surface area contributed by atoms with Crippen molar-refractivity contribution in [3.05, 3.63) is 34.6 Å². The van der Waals surface area contributed by atoms with E-state index in [2.05, 4.69) is 34.3 Å². The van der Waals surface area contributed by atoms with Gasteiger partial charge in [-0.15, -0.1) is 0 Å². The number of nitrogens with zero attached hydrogens (tertiary/aromatic N) is 6. The van der Waals surface area contributed by atoms with Gasteiger partial charge < -0.3 is 23.9 Å². The van der Waals surface area contributed by atoms with Crippen molar-refractivity contribution < 1.29 is 14.3 Å². The fourth-order valence-electron chi connectivity index (χ4n) is 6.02. The van der Waals surface area contributed by atoms with E-state index in [0.717, 1.165) is 52.3 Å². The van der Waals surface area contributed by atoms with Crippen LogP contribution in [0.15, 0.2) is 23.4 Å². The molecular weight excluding hydrogens is 562 g/mol. The third-order valence-electron chi connectivity index (χ3n) is 8.05. The molecule has 0 unspecified atom stereocenters. The van der Waals surface area contributed by atoms with Crippen LogP contribution in [0.1, 0.15) is 65.0 Å². The maximum Gasteiger partial charge on any atom is 0.410 e. The highest BCUT2D eigenvalue weighted by atomic mass is 28.3. The molecule has 0 atom stereocenters. The summed E-state index contributed by atoms with van der Waals surface area (Å²) in [5.74, 6) is 0.123. The summed E-state index contributed by atoms with van der Waals surface area (Å²) in [6.07, 6.45) is 6.91. The van der Waals surface area contributed by atoms with Gasteiger partial charge in [-0.1, -0.05) is 19.6 Å². The largest absolute Gasteiger partial charge is 0.444 e. The van der Waals surface area contributed by atoms with E-state index >= 15 is 0 Å². The van der Waals surface area contributed by atoms with Crippen LogP contribution in [-0.2, 0) is 23.3 Å². The van der Waals surface area contributed by atoms with Gasteiger partial charge >= 0.3 is 11.8 Å². The Morgan fingerprint density at radius 1 is 1.16 bits per heavy atom. The summed E-state index contributed by atoms with van der Waals surface area (Å²) < 4.78 is 17.8. The molecule has 0 saturated carbocycles. The van der Waals surface area contributed by atoms with Crippen LogP contribution >= 0.6 is 0 Å². The molecule has 0 radical (unpaired) electrons. The lowest BCUT2D eigenvalue weighted by Gasteiger charge is -2.34. The van der Waals surface area contributed by atoms with Crippen LogP contribution in [0.25, 0.3) is 33.3 Å². The Labute approximate surface area is 254 Å². The number of amides is 1. The number of pyridine rings is 1. The van der Waals surface area contributed by atoms with Crippen LogP contribution in [0.2, 0.25) is 25.7 Å². The van der Waals surface area contributed by atoms with E-state index in [4.69, 9.17) is 14.5 Å². The van der Waals surface area contributed by atoms with Crippen LogP contribution < -0.4 is 5.69 Å². The van der Waals surface area contributed by atoms with Crippen molar-refractivity contribution in [1.82, 2.24) is 33.8 Å². The Morgan fingerprint density at radius 2 is 1.86 bits per heavy atom. The number of nitrogens with one attached hydrogen (secondary N) is 1. The van der Waals surface area contributed by atoms with Gasteiger partial charge in [0.15, 0.2) is 0 Å². The first-order chi connectivity index (χ1) is 20.1. The van der Waals surface area contributed by atoms with Gasteiger partial charge in [-0.3, -0.25) is 9.25 Å². The molecule has 1 N–H and O–H groups in total. The summed E-state index contributed by atoms with van der Waals surface area (Å²) in [6, 6.07) is 1.01. The number of fused-ring (bicyclic) bond motifs is 3. The highest BCUT2D eigenvalue weighted by Crippen LogP contribution is 2.44. The first-order valence-electron chi connectivity index (χ1n) is 15.3. The number of hydrogen-bond donors (Lipinski definition) is 1. The SMILES string of the molecule is CC(C)n1c(=O)[nH]c2cnc3c(c(C4CCN(C(=O)OC(C)(C)C)CC4)c(-c4cnn(C)c4)n3COCC[Si](C)(C)C)c21. The van der Waals surface area contributed by atoms with Gasteiger partial charge in [-0.25, -0.2) is 14.6 Å². The summed E-state index contributed by atoms with van der Waals surface area (Å²) in [7, 11) is 0.638. The lowest BCUT2D eigenvalue weighted by molar-refractivity contribution is 0.0205. The zero-order valence-corrected chi connectivity index (χ0v) is 28.2. The van der Waals surface area contributed by atoms with Gasteiger partial charge in [-0.05, 0) is 65.0 Å². The average Bonchev–Trinajstić information content (AvgIpc) is 3.57. The average molecular weight is 610 g/mol. The van der Waals surface area contributed by atoms with Crippen molar-refractivity contribution in [3.8, 4) is 11.3 Å². The van der Waals surface area contributed by atoms with E-state index < -0.39 is 13.7 Å². The molecule has 1 aliphatic rings. The van der Waals surface area contributed by atoms with E-state index in [1.54, 1.807) is 11.1 Å². The fraction of sp³-hybridized carbons (Fsp3) is 0.613. The third kappa shape index (κ3) is 6.45. The lowest BCUT2D eigenvalue weighted by atomic mass is 9.86. The second-order valence-corrected chi connectivity index (χ2v) is 19.9. The zero-order valence-electron chi connectivity index (χ0n) is 27.2. The number of carbonyl (C=O) groups excluding carboxylic acids is 1. The molecule has 234 valence electrons. The lowest BCUT2D eigenvalue weighted by Crippen LogP contribution is -2.41. The number of likely N-dealkylation sites (tertiary alicyclic amines) is 1. The predicted octanol–water partition coefficient (Wildman–Crippen LogP) is 6.09. The van der Waals surface area contributed by atoms with Crippen molar-refractivity contribution in [1.29, 1.82) is 0 Å². The van der Waals surface area contributed by atoms with Crippen molar-refractivity contribution in [2.45, 2.75) is 97.4 Å². The van der Waals surface area contributed by atoms with Crippen molar-refractivity contribution in [2.75, 3.05) is 19.7 Å². The molecule has 1 aliphatic heterocycles. The Balaban J connectivity index is 1.68. The van der Waals surface area contributed by atoms with Crippen LogP contribution in [0.5, 0.6) is 0 Å². The summed E-state index contributed by atoms with van der Waals surface area (Å²) in [6.45, 7) is 18.9. The zero-order chi connectivity index (χ0) is 31.3. The molecule has 12 heteroatoms. The van der Waals surface area contributed by atoms with Crippen LogP contribution in [0.3, 0.4) is 0 Å². The van der Waals surface area contributed by atoms with Gasteiger partial charge in [-0.2, -0.15) is 5.10 Å². The fourth-order valence-corrected chi connectivity index (χ4v) is 6.77. The van der Waals surface area contributed by atoms with Crippen molar-refractivity contribution in [3.63, 3.8) is 0 Å². The number of H-pyrrole nitrogens is 1. The molecule has 0 bridgehead atoms. The smallest absolute Gasteiger partial charge is 0.410 e. The molecule has 1 amide bonds. The molecule has 0 aliphatic carbocycles. The van der Waals surface area contributed by atoms with E-state index in [1.807, 2.05) is 63.3 Å². The van der Waals surface area contributed by atoms with E-state index in [1.165, 1.54) is 0 Å². The first kappa shape index (κ1) is 31.1. The van der Waals surface area contributed by atoms with E-state index in [0.29, 0.717) is 31.9 Å². The maximum absolute atomic E-state index is 13.2. The predicted molar refractivity (Wildman–Crippen MR) is 172 cm³/mol. The molecule has 5 rings (SSSR count). The van der Waals surface area contributed by atoms with Crippen molar-refractivity contribution >= 4 is 36.2 Å². The molecule has 0 aromatic carbocycles. The number of carbonyl (C=O) groups is 1. The first-order valence-corrected chi connectivity index (χ1v) is 19.1. The van der Waals surface area contributed by atoms with Crippen LogP contribution in [0, 0.1) is 0 Å². The second-order valence-electron chi connectivity index (χ2n) is 14.3. The summed E-state index contributed by atoms with van der Waals surface area (Å²) in [4.78, 5) is 35.9. The molecule has 1 fully saturated rings. The number of ether oxygens (including phenoxy) is 2. The molecule has 4 aromatic rings. The minimum absolute atomic E-state index is 0.0492. The summed E-state index contributed by atoms with van der Waals surface area (Å²) in [5.41, 5.74) is 4.79. The number of aromatic amines is 1. The number of piperidine rings is 1. The second kappa shape index (κ2) is 11.6. The normalized spacial score (nSPS) is 15.3. The standard InChI is InChI=1S/C31H47N7O4Si/c1-20(2)38-27-23(34-29(38)39)17-32-28-25(27)24(21-10-12-36(13-11-21)30(40)42-31(3,4)5)26(22-16-33-35(6)18-22)37(28)19-41-14-15-43(7,8)9/h16-18,20-21H,10-15,19H2,1-9H3,(H,34,39). The molecule has 4 aromatic heterocycles. The monoisotopic (exact) mass is 609 g/mol. The highest BCUT2D eigenvalue weighted by molar-refractivity contribution is 6.76. The van der Waals surface area contributed by atoms with Gasteiger partial charge in [0.2, 0.25) is 0 Å². The molecule has 1 saturated heterocycles. The number of rotatable bonds is 8. The Hall–Kier alpha value is -3.38. The van der Waals surface area contributed by atoms with E-state index in [9.17, 15) is 9.59 Å².